The lowest BCUT2D eigenvalue weighted by molar-refractivity contribution is 0.310. The van der Waals surface area contributed by atoms with Crippen molar-refractivity contribution in [1.29, 1.82) is 0 Å². The minimum absolute atomic E-state index is 0.0764. The van der Waals surface area contributed by atoms with Gasteiger partial charge in [-0.05, 0) is 13.1 Å². The lowest BCUT2D eigenvalue weighted by Crippen LogP contribution is -2.46. The Morgan fingerprint density at radius 2 is 1.86 bits per heavy atom. The smallest absolute Gasteiger partial charge is 0.255 e. The van der Waals surface area contributed by atoms with E-state index in [9.17, 15) is 4.79 Å². The van der Waals surface area contributed by atoms with Gasteiger partial charge in [-0.2, -0.15) is 0 Å². The summed E-state index contributed by atoms with van der Waals surface area (Å²) in [6.07, 6.45) is 3.11. The highest BCUT2D eigenvalue weighted by molar-refractivity contribution is 5.55. The Balaban J connectivity index is 2.01. The van der Waals surface area contributed by atoms with E-state index in [1.807, 2.05) is 0 Å². The quantitative estimate of drug-likeness (QED) is 0.773. The SMILES string of the molecule is CN1CCN(c2nc(-c3ccncn3)cc(=O)n2C)CC1. The molecule has 3 heterocycles. The molecule has 1 aliphatic rings. The normalized spacial score (nSPS) is 16.2. The molecule has 0 unspecified atom stereocenters. The Bertz CT molecular complexity index is 676. The lowest BCUT2D eigenvalue weighted by atomic mass is 10.3. The molecule has 0 aliphatic carbocycles. The fraction of sp³-hybridized carbons (Fsp3) is 0.429. The summed E-state index contributed by atoms with van der Waals surface area (Å²) in [4.78, 5) is 29.3. The van der Waals surface area contributed by atoms with Crippen LogP contribution in [0.2, 0.25) is 0 Å². The number of nitrogens with zero attached hydrogens (tertiary/aromatic N) is 6. The molecule has 0 saturated carbocycles. The van der Waals surface area contributed by atoms with Gasteiger partial charge in [0.2, 0.25) is 5.95 Å². The number of rotatable bonds is 2. The van der Waals surface area contributed by atoms with Crippen molar-refractivity contribution < 1.29 is 0 Å². The van der Waals surface area contributed by atoms with Crippen LogP contribution in [0.4, 0.5) is 5.95 Å². The average molecular weight is 286 g/mol. The Labute approximate surface area is 122 Å². The molecular formula is C14H18N6O. The summed E-state index contributed by atoms with van der Waals surface area (Å²) in [6, 6.07) is 3.28. The minimum atomic E-state index is -0.0764. The van der Waals surface area contributed by atoms with Crippen molar-refractivity contribution in [1.82, 2.24) is 24.4 Å². The molecular weight excluding hydrogens is 268 g/mol. The minimum Gasteiger partial charge on any atom is -0.340 e. The van der Waals surface area contributed by atoms with Gasteiger partial charge in [0.25, 0.3) is 5.56 Å². The zero-order valence-corrected chi connectivity index (χ0v) is 12.2. The second-order valence-corrected chi connectivity index (χ2v) is 5.22. The predicted octanol–water partition coefficient (Wildman–Crippen LogP) is -0.0109. The second kappa shape index (κ2) is 5.61. The molecule has 21 heavy (non-hydrogen) atoms. The van der Waals surface area contributed by atoms with Gasteiger partial charge in [-0.1, -0.05) is 0 Å². The summed E-state index contributed by atoms with van der Waals surface area (Å²) in [5.41, 5.74) is 1.18. The van der Waals surface area contributed by atoms with E-state index in [1.54, 1.807) is 23.9 Å². The number of hydrogen-bond donors (Lipinski definition) is 0. The van der Waals surface area contributed by atoms with E-state index in [-0.39, 0.29) is 5.56 Å². The Morgan fingerprint density at radius 1 is 1.10 bits per heavy atom. The highest BCUT2D eigenvalue weighted by Gasteiger charge is 2.19. The maximum atomic E-state index is 12.2. The molecule has 3 rings (SSSR count). The van der Waals surface area contributed by atoms with E-state index in [0.717, 1.165) is 26.2 Å². The van der Waals surface area contributed by atoms with Crippen molar-refractivity contribution in [3.8, 4) is 11.4 Å². The lowest BCUT2D eigenvalue weighted by Gasteiger charge is -2.33. The van der Waals surface area contributed by atoms with Crippen molar-refractivity contribution in [3.63, 3.8) is 0 Å². The van der Waals surface area contributed by atoms with Crippen LogP contribution in [-0.4, -0.2) is 57.6 Å². The molecule has 0 amide bonds. The van der Waals surface area contributed by atoms with Crippen LogP contribution in [-0.2, 0) is 7.05 Å². The highest BCUT2D eigenvalue weighted by atomic mass is 16.1. The Morgan fingerprint density at radius 3 is 2.52 bits per heavy atom. The van der Waals surface area contributed by atoms with Crippen LogP contribution in [0.3, 0.4) is 0 Å². The number of piperazine rings is 1. The van der Waals surface area contributed by atoms with E-state index in [2.05, 4.69) is 31.8 Å². The fourth-order valence-corrected chi connectivity index (χ4v) is 2.39. The first-order chi connectivity index (χ1) is 10.1. The van der Waals surface area contributed by atoms with Crippen LogP contribution in [0.15, 0.2) is 29.5 Å². The van der Waals surface area contributed by atoms with E-state index >= 15 is 0 Å². The first-order valence-electron chi connectivity index (χ1n) is 6.93. The summed E-state index contributed by atoms with van der Waals surface area (Å²) in [5.74, 6) is 0.698. The second-order valence-electron chi connectivity index (χ2n) is 5.22. The molecule has 1 fully saturated rings. The van der Waals surface area contributed by atoms with Crippen LogP contribution >= 0.6 is 0 Å². The topological polar surface area (TPSA) is 67.2 Å². The van der Waals surface area contributed by atoms with Crippen molar-refractivity contribution in [2.45, 2.75) is 0 Å². The molecule has 110 valence electrons. The monoisotopic (exact) mass is 286 g/mol. The number of aromatic nitrogens is 4. The van der Waals surface area contributed by atoms with Gasteiger partial charge < -0.3 is 9.80 Å². The van der Waals surface area contributed by atoms with Crippen molar-refractivity contribution >= 4 is 5.95 Å². The number of hydrogen-bond acceptors (Lipinski definition) is 6. The summed E-state index contributed by atoms with van der Waals surface area (Å²) in [5, 5.41) is 0. The van der Waals surface area contributed by atoms with Gasteiger partial charge in [0.1, 0.15) is 6.33 Å². The largest absolute Gasteiger partial charge is 0.340 e. The van der Waals surface area contributed by atoms with Gasteiger partial charge >= 0.3 is 0 Å². The maximum Gasteiger partial charge on any atom is 0.255 e. The van der Waals surface area contributed by atoms with Crippen LogP contribution in [0.1, 0.15) is 0 Å². The molecule has 0 bridgehead atoms. The Hall–Kier alpha value is -2.28. The van der Waals surface area contributed by atoms with Crippen molar-refractivity contribution in [2.75, 3.05) is 38.1 Å². The van der Waals surface area contributed by atoms with Crippen LogP contribution < -0.4 is 10.5 Å². The first kappa shape index (κ1) is 13.7. The number of likely N-dealkylation sites (N-methyl/N-ethyl adjacent to an activating group) is 1. The molecule has 7 nitrogen and oxygen atoms in total. The predicted molar refractivity (Wildman–Crippen MR) is 80.2 cm³/mol. The van der Waals surface area contributed by atoms with E-state index in [1.165, 1.54) is 12.4 Å². The third-order valence-electron chi connectivity index (χ3n) is 3.74. The van der Waals surface area contributed by atoms with Gasteiger partial charge in [0, 0.05) is 45.5 Å². The molecule has 1 aliphatic heterocycles. The van der Waals surface area contributed by atoms with E-state index < -0.39 is 0 Å². The van der Waals surface area contributed by atoms with Gasteiger partial charge in [-0.15, -0.1) is 0 Å². The highest BCUT2D eigenvalue weighted by Crippen LogP contribution is 2.17. The average Bonchev–Trinajstić information content (AvgIpc) is 2.52. The summed E-state index contributed by atoms with van der Waals surface area (Å²) in [7, 11) is 3.86. The van der Waals surface area contributed by atoms with Gasteiger partial charge in [0.05, 0.1) is 11.4 Å². The fourth-order valence-electron chi connectivity index (χ4n) is 2.39. The first-order valence-corrected chi connectivity index (χ1v) is 6.93. The van der Waals surface area contributed by atoms with Gasteiger partial charge in [0.15, 0.2) is 0 Å². The standard InChI is InChI=1S/C14H18N6O/c1-18-5-7-20(8-6-18)14-17-12(9-13(21)19(14)2)11-3-4-15-10-16-11/h3-4,9-10H,5-8H2,1-2H3. The third-order valence-corrected chi connectivity index (χ3v) is 3.74. The summed E-state index contributed by atoms with van der Waals surface area (Å²) < 4.78 is 1.59. The van der Waals surface area contributed by atoms with Crippen LogP contribution in [0.5, 0.6) is 0 Å². The third kappa shape index (κ3) is 2.78. The molecule has 0 aromatic carbocycles. The molecule has 2 aromatic heterocycles. The van der Waals surface area contributed by atoms with Gasteiger partial charge in [-0.25, -0.2) is 15.0 Å². The van der Waals surface area contributed by atoms with Crippen LogP contribution in [0.25, 0.3) is 11.4 Å². The molecule has 0 radical (unpaired) electrons. The molecule has 1 saturated heterocycles. The summed E-state index contributed by atoms with van der Waals surface area (Å²) in [6.45, 7) is 3.66. The molecule has 0 atom stereocenters. The maximum absolute atomic E-state index is 12.2. The van der Waals surface area contributed by atoms with Crippen molar-refractivity contribution in [2.24, 2.45) is 7.05 Å². The van der Waals surface area contributed by atoms with E-state index in [0.29, 0.717) is 17.3 Å². The molecule has 0 N–H and O–H groups in total. The van der Waals surface area contributed by atoms with Crippen LogP contribution in [0, 0.1) is 0 Å². The van der Waals surface area contributed by atoms with Crippen molar-refractivity contribution in [3.05, 3.63) is 35.0 Å². The number of anilines is 1. The van der Waals surface area contributed by atoms with Gasteiger partial charge in [-0.3, -0.25) is 9.36 Å². The zero-order valence-electron chi connectivity index (χ0n) is 12.2. The molecule has 2 aromatic rings. The van der Waals surface area contributed by atoms with E-state index in [4.69, 9.17) is 0 Å². The molecule has 7 heteroatoms. The Kier molecular flexibility index (Phi) is 3.66. The molecule has 0 spiro atoms. The zero-order chi connectivity index (χ0) is 14.8. The summed E-state index contributed by atoms with van der Waals surface area (Å²) >= 11 is 0.